The molecule has 0 radical (unpaired) electrons. The first-order valence-electron chi connectivity index (χ1n) is 4.42. The molecule has 1 heterocycles. The molecule has 0 bridgehead atoms. The molecular formula is C10H8FN3O2. The average molecular weight is 221 g/mol. The zero-order valence-electron chi connectivity index (χ0n) is 8.11. The summed E-state index contributed by atoms with van der Waals surface area (Å²) in [6, 6.07) is 3.78. The maximum atomic E-state index is 13.3. The maximum Gasteiger partial charge on any atom is 0.258 e. The summed E-state index contributed by atoms with van der Waals surface area (Å²) >= 11 is 0. The third-order valence-electron chi connectivity index (χ3n) is 1.93. The van der Waals surface area contributed by atoms with Crippen LogP contribution in [0.15, 0.2) is 35.2 Å². The number of halogens is 1. The topological polar surface area (TPSA) is 81.2 Å². The first-order valence-corrected chi connectivity index (χ1v) is 4.42. The third kappa shape index (κ3) is 2.00. The minimum atomic E-state index is -0.636. The average Bonchev–Trinajstić information content (AvgIpc) is 2.74. The standard InChI is InChI=1S/C10H8FN3O2/c11-9-2-1-6(12)3-8(9)10(15)14-7-4-13-16-5-7/h1-5H,12H2,(H,14,15). The van der Waals surface area contributed by atoms with E-state index in [9.17, 15) is 9.18 Å². The van der Waals surface area contributed by atoms with E-state index in [1.165, 1.54) is 24.6 Å². The van der Waals surface area contributed by atoms with Gasteiger partial charge in [0.25, 0.3) is 5.91 Å². The van der Waals surface area contributed by atoms with Crippen LogP contribution in [0.25, 0.3) is 0 Å². The Morgan fingerprint density at radius 2 is 2.31 bits per heavy atom. The van der Waals surface area contributed by atoms with E-state index in [2.05, 4.69) is 15.0 Å². The summed E-state index contributed by atoms with van der Waals surface area (Å²) in [7, 11) is 0. The monoisotopic (exact) mass is 221 g/mol. The molecule has 0 atom stereocenters. The predicted octanol–water partition coefficient (Wildman–Crippen LogP) is 1.65. The van der Waals surface area contributed by atoms with Crippen molar-refractivity contribution in [3.8, 4) is 0 Å². The second kappa shape index (κ2) is 4.01. The number of hydrogen-bond acceptors (Lipinski definition) is 4. The largest absolute Gasteiger partial charge is 0.399 e. The number of carbonyl (C=O) groups excluding carboxylic acids is 1. The van der Waals surface area contributed by atoms with Gasteiger partial charge in [0.2, 0.25) is 0 Å². The quantitative estimate of drug-likeness (QED) is 0.755. The molecule has 0 unspecified atom stereocenters. The van der Waals surface area contributed by atoms with Crippen molar-refractivity contribution in [3.63, 3.8) is 0 Å². The van der Waals surface area contributed by atoms with Crippen molar-refractivity contribution >= 4 is 17.3 Å². The Hall–Kier alpha value is -2.37. The molecular weight excluding hydrogens is 213 g/mol. The number of nitrogen functional groups attached to an aromatic ring is 1. The number of amides is 1. The van der Waals surface area contributed by atoms with Gasteiger partial charge < -0.3 is 15.6 Å². The smallest absolute Gasteiger partial charge is 0.258 e. The lowest BCUT2D eigenvalue weighted by molar-refractivity contribution is 0.102. The van der Waals surface area contributed by atoms with E-state index >= 15 is 0 Å². The van der Waals surface area contributed by atoms with Crippen LogP contribution in [0.2, 0.25) is 0 Å². The zero-order valence-corrected chi connectivity index (χ0v) is 8.11. The minimum Gasteiger partial charge on any atom is -0.399 e. The number of carbonyl (C=O) groups is 1. The summed E-state index contributed by atoms with van der Waals surface area (Å²) in [4.78, 5) is 11.6. The van der Waals surface area contributed by atoms with Crippen molar-refractivity contribution in [2.75, 3.05) is 11.1 Å². The van der Waals surface area contributed by atoms with Gasteiger partial charge in [-0.1, -0.05) is 5.16 Å². The number of nitrogens with two attached hydrogens (primary N) is 1. The Bertz CT molecular complexity index is 511. The summed E-state index contributed by atoms with van der Waals surface area (Å²) in [6.07, 6.45) is 2.55. The van der Waals surface area contributed by atoms with Gasteiger partial charge in [0.15, 0.2) is 0 Å². The molecule has 0 saturated carbocycles. The van der Waals surface area contributed by atoms with Crippen LogP contribution < -0.4 is 11.1 Å². The van der Waals surface area contributed by atoms with E-state index in [1.807, 2.05) is 0 Å². The van der Waals surface area contributed by atoms with Crippen LogP contribution in [0.3, 0.4) is 0 Å². The predicted molar refractivity (Wildman–Crippen MR) is 55.3 cm³/mol. The van der Waals surface area contributed by atoms with Gasteiger partial charge in [-0.2, -0.15) is 0 Å². The SMILES string of the molecule is Nc1ccc(F)c(C(=O)Nc2cnoc2)c1. The van der Waals surface area contributed by atoms with E-state index in [0.717, 1.165) is 6.07 Å². The molecule has 2 aromatic rings. The molecule has 0 aliphatic rings. The van der Waals surface area contributed by atoms with Crippen molar-refractivity contribution < 1.29 is 13.7 Å². The number of aromatic nitrogens is 1. The van der Waals surface area contributed by atoms with Crippen molar-refractivity contribution in [2.24, 2.45) is 0 Å². The number of anilines is 2. The summed E-state index contributed by atoms with van der Waals surface area (Å²) in [6.45, 7) is 0. The molecule has 2 rings (SSSR count). The number of nitrogens with zero attached hydrogens (tertiary/aromatic N) is 1. The lowest BCUT2D eigenvalue weighted by atomic mass is 10.2. The van der Waals surface area contributed by atoms with Gasteiger partial charge in [0, 0.05) is 5.69 Å². The Labute approximate surface area is 90.0 Å². The molecule has 0 fully saturated rings. The molecule has 6 heteroatoms. The second-order valence-corrected chi connectivity index (χ2v) is 3.11. The fraction of sp³-hybridized carbons (Fsp3) is 0. The van der Waals surface area contributed by atoms with Crippen LogP contribution in [0.4, 0.5) is 15.8 Å². The molecule has 3 N–H and O–H groups in total. The summed E-state index contributed by atoms with van der Waals surface area (Å²) in [5, 5.41) is 5.82. The highest BCUT2D eigenvalue weighted by Crippen LogP contribution is 2.14. The molecule has 0 saturated heterocycles. The maximum absolute atomic E-state index is 13.3. The van der Waals surface area contributed by atoms with Gasteiger partial charge in [-0.3, -0.25) is 4.79 Å². The van der Waals surface area contributed by atoms with Crippen LogP contribution in [0.1, 0.15) is 10.4 Å². The highest BCUT2D eigenvalue weighted by Gasteiger charge is 2.12. The van der Waals surface area contributed by atoms with Crippen molar-refractivity contribution in [1.29, 1.82) is 0 Å². The molecule has 0 aliphatic carbocycles. The minimum absolute atomic E-state index is 0.124. The van der Waals surface area contributed by atoms with E-state index in [1.54, 1.807) is 0 Å². The highest BCUT2D eigenvalue weighted by atomic mass is 19.1. The number of benzene rings is 1. The van der Waals surface area contributed by atoms with Gasteiger partial charge in [-0.05, 0) is 18.2 Å². The molecule has 82 valence electrons. The molecule has 5 nitrogen and oxygen atoms in total. The van der Waals surface area contributed by atoms with Crippen LogP contribution in [0, 0.1) is 5.82 Å². The van der Waals surface area contributed by atoms with E-state index in [4.69, 9.17) is 5.73 Å². The highest BCUT2D eigenvalue weighted by molar-refractivity contribution is 6.04. The second-order valence-electron chi connectivity index (χ2n) is 3.11. The summed E-state index contributed by atoms with van der Waals surface area (Å²) in [5.41, 5.74) is 6.01. The lowest BCUT2D eigenvalue weighted by Crippen LogP contribution is -2.13. The van der Waals surface area contributed by atoms with Gasteiger partial charge in [0.1, 0.15) is 17.8 Å². The normalized spacial score (nSPS) is 10.1. The van der Waals surface area contributed by atoms with Crippen LogP contribution in [-0.2, 0) is 0 Å². The zero-order chi connectivity index (χ0) is 11.5. The fourth-order valence-electron chi connectivity index (χ4n) is 1.18. The number of rotatable bonds is 2. The first kappa shape index (κ1) is 10.2. The number of hydrogen-bond donors (Lipinski definition) is 2. The van der Waals surface area contributed by atoms with Gasteiger partial charge in [-0.25, -0.2) is 4.39 Å². The van der Waals surface area contributed by atoms with E-state index < -0.39 is 11.7 Å². The van der Waals surface area contributed by atoms with Gasteiger partial charge in [-0.15, -0.1) is 0 Å². The van der Waals surface area contributed by atoms with Crippen molar-refractivity contribution in [1.82, 2.24) is 5.16 Å². The summed E-state index contributed by atoms with van der Waals surface area (Å²) < 4.78 is 17.8. The molecule has 0 aliphatic heterocycles. The summed E-state index contributed by atoms with van der Waals surface area (Å²) in [5.74, 6) is -1.24. The lowest BCUT2D eigenvalue weighted by Gasteiger charge is -2.04. The van der Waals surface area contributed by atoms with Crippen molar-refractivity contribution in [2.45, 2.75) is 0 Å². The Balaban J connectivity index is 2.24. The Morgan fingerprint density at radius 3 is 3.00 bits per heavy atom. The molecule has 1 aromatic heterocycles. The number of nitrogens with one attached hydrogen (secondary N) is 1. The van der Waals surface area contributed by atoms with Gasteiger partial charge in [0.05, 0.1) is 11.8 Å². The van der Waals surface area contributed by atoms with Crippen LogP contribution in [-0.4, -0.2) is 11.1 Å². The Morgan fingerprint density at radius 1 is 1.50 bits per heavy atom. The molecule has 16 heavy (non-hydrogen) atoms. The fourth-order valence-corrected chi connectivity index (χ4v) is 1.18. The first-order chi connectivity index (χ1) is 7.66. The van der Waals surface area contributed by atoms with E-state index in [-0.39, 0.29) is 5.56 Å². The van der Waals surface area contributed by atoms with E-state index in [0.29, 0.717) is 11.4 Å². The Kier molecular flexibility index (Phi) is 2.55. The third-order valence-corrected chi connectivity index (χ3v) is 1.93. The van der Waals surface area contributed by atoms with Crippen molar-refractivity contribution in [3.05, 3.63) is 42.0 Å². The molecule has 0 spiro atoms. The molecule has 1 aromatic carbocycles. The molecule has 1 amide bonds. The van der Waals surface area contributed by atoms with Crippen LogP contribution >= 0.6 is 0 Å². The van der Waals surface area contributed by atoms with Crippen LogP contribution in [0.5, 0.6) is 0 Å². The van der Waals surface area contributed by atoms with Gasteiger partial charge >= 0.3 is 0 Å².